The molecule has 600 valence electrons. The van der Waals surface area contributed by atoms with E-state index >= 15 is 0 Å². The number of rotatable bonds is 17. The molecule has 13 rings (SSSR count). The van der Waals surface area contributed by atoms with E-state index in [1.165, 1.54) is 130 Å². The maximum atomic E-state index is 13.1. The van der Waals surface area contributed by atoms with E-state index in [1.807, 2.05) is 25.1 Å². The number of H-pyrrole nitrogens is 1. The Bertz CT molecular complexity index is 5350. The van der Waals surface area contributed by atoms with Crippen LogP contribution in [0.25, 0.3) is 45.0 Å². The van der Waals surface area contributed by atoms with Crippen LogP contribution in [0.15, 0.2) is 267 Å². The zero-order chi connectivity index (χ0) is 83.9. The van der Waals surface area contributed by atoms with Gasteiger partial charge in [-0.1, -0.05) is 48.5 Å². The number of nitrogens with zero attached hydrogens (tertiary/aromatic N) is 10. The van der Waals surface area contributed by atoms with Crippen molar-refractivity contribution in [1.29, 1.82) is 0 Å². The van der Waals surface area contributed by atoms with E-state index in [4.69, 9.17) is 60.1 Å². The first-order valence-corrected chi connectivity index (χ1v) is 35.8. The molecular weight excluding hydrogens is 1830 g/mol. The van der Waals surface area contributed by atoms with Crippen molar-refractivity contribution in [2.24, 2.45) is 4.99 Å². The number of aliphatic imine (C=N–C) groups is 1. The normalized spacial score (nSPS) is 10.3. The summed E-state index contributed by atoms with van der Waals surface area (Å²) in [5.74, 6) is -0.982. The summed E-state index contributed by atoms with van der Waals surface area (Å²) in [6.07, 6.45) is 3.95. The molecule has 1 fully saturated rings. The number of nitro benzene ring substituents is 2. The third kappa shape index (κ3) is 39.2. The number of aromatic amines is 1. The first-order valence-electron chi connectivity index (χ1n) is 34.2. The summed E-state index contributed by atoms with van der Waals surface area (Å²) in [6.45, 7) is 7.20. The number of benzene rings is 8. The second-order valence-electron chi connectivity index (χ2n) is 23.1. The fourth-order valence-corrected chi connectivity index (χ4v) is 9.69. The van der Waals surface area contributed by atoms with Crippen LogP contribution in [0, 0.1) is 43.5 Å². The first kappa shape index (κ1) is 102. The number of carbonyl (C=O) groups is 2. The van der Waals surface area contributed by atoms with Crippen LogP contribution in [0.3, 0.4) is 0 Å². The average molecular weight is 1900 g/mol. The van der Waals surface area contributed by atoms with E-state index < -0.39 is 9.85 Å². The van der Waals surface area contributed by atoms with E-state index in [0.29, 0.717) is 70.8 Å². The first-order chi connectivity index (χ1) is 55.4. The van der Waals surface area contributed by atoms with Gasteiger partial charge in [-0.05, 0) is 195 Å². The van der Waals surface area contributed by atoms with Crippen LogP contribution in [0.2, 0.25) is 0 Å². The number of aromatic nitrogens is 8. The van der Waals surface area contributed by atoms with Crippen molar-refractivity contribution in [3.63, 3.8) is 0 Å². The Labute approximate surface area is 801 Å². The smallest absolute Gasteiger partial charge is 1.00 e. The van der Waals surface area contributed by atoms with Gasteiger partial charge in [0.2, 0.25) is 6.08 Å². The summed E-state index contributed by atoms with van der Waals surface area (Å²) in [6, 6.07) is 62.1. The summed E-state index contributed by atoms with van der Waals surface area (Å²) in [5.41, 5.74) is 14.3. The van der Waals surface area contributed by atoms with Crippen LogP contribution >= 0.6 is 34.8 Å². The van der Waals surface area contributed by atoms with Gasteiger partial charge in [0.05, 0.1) is 57.6 Å². The molecule has 5 N–H and O–H groups in total. The minimum absolute atomic E-state index is 0. The van der Waals surface area contributed by atoms with Crippen LogP contribution in [-0.4, -0.2) is 99.6 Å². The number of hydrogen-bond donors (Lipinski definition) is 4. The molecule has 0 aliphatic carbocycles. The molecule has 1 aliphatic rings. The number of non-ortho nitro benzene ring substituents is 2. The van der Waals surface area contributed by atoms with Crippen LogP contribution in [0.4, 0.5) is 45.1 Å². The molecule has 8 aromatic carbocycles. The van der Waals surface area contributed by atoms with Gasteiger partial charge in [0.15, 0.2) is 0 Å². The number of anilines is 2. The van der Waals surface area contributed by atoms with Gasteiger partial charge in [-0.3, -0.25) is 44.2 Å². The number of amides is 2. The number of nitro groups is 2. The molecule has 0 atom stereocenters. The quantitative estimate of drug-likeness (QED) is 0.00772. The molecule has 0 unspecified atom stereocenters. The summed E-state index contributed by atoms with van der Waals surface area (Å²) in [4.78, 5) is 102. The van der Waals surface area contributed by atoms with Crippen LogP contribution in [0.1, 0.15) is 50.4 Å². The maximum absolute atomic E-state index is 13.1. The molecule has 4 aromatic heterocycles. The number of isocyanates is 1. The molecule has 0 saturated carbocycles. The van der Waals surface area contributed by atoms with E-state index in [1.54, 1.807) is 134 Å². The monoisotopic (exact) mass is 1900 g/mol. The SMILES string of the molecule is C1CCOC1.CCN=C=O.CCNC(=O)Nc1cccc(Cn2nc(-c3ccc(F)cc3)ccc2=O)c1.ClCCl.Nc1cccc(Cn2nc(-c3ccc(F)cc3)ccc2=O)c1.O=CO[O-].O=[N+]([O-])c1cccc(CCl)c1.O=c1ccc(-c2ccc(F)cc2)n[nH]1.O=c1ccc(-c2ccc(F)cc2)nn1Cc1cccc([N+](=O)[O-])c1.[Cs+].[Cs+].[H-]. The Morgan fingerprint density at radius 2 is 0.923 bits per heavy atom. The summed E-state index contributed by atoms with van der Waals surface area (Å²) in [5, 5.41) is 54.2. The Morgan fingerprint density at radius 1 is 0.564 bits per heavy atom. The maximum Gasteiger partial charge on any atom is 1.00 e. The standard InChI is InChI=1S/C20H19FN4O2.C17H12FN3O3.C17H14FN3O.C10H7FN2O.C7H6ClNO2.C4H8O.C3H5NO.CH2Cl2.CH2O3.2Cs.H/c1-2-22-20(27)23-17-5-3-4-14(12-17)13-25-19(26)11-10-18(24-25)15-6-8-16(21)9-7-15;18-14-6-4-13(5-7-14)16-8-9-17(22)20(19-16)11-12-2-1-3-15(10-12)21(23)24;18-14-6-4-13(5-7-14)16-8-9-17(22)21(20-16)11-12-2-1-3-15(19)10-12;11-8-3-1-7(2-4-8)9-5-6-10(14)13-12-9;8-5-6-2-1-3-7(4-6)9(10)11;1-2-4-5-3-1;1-2-4-3-5;2-1-3;2-1-4-3;;;/h3-12H,2,13H2,1H3,(H2,22,23,27);1-10H,11H2;1-10H,11,19H2;1-6H,(H,13,14);1-4H,5H2;1-4H2;2H2,1H3;1H2;1,3H;;;/q;;;;;;;;;2*+1;-1/p-1. The average Bonchev–Trinajstić information content (AvgIpc) is 0.859. The molecule has 117 heavy (non-hydrogen) atoms. The number of alkyl halides is 3. The van der Waals surface area contributed by atoms with Crippen molar-refractivity contribution in [3.05, 3.63) is 350 Å². The summed E-state index contributed by atoms with van der Waals surface area (Å²) < 4.78 is 60.5. The molecule has 5 heterocycles. The number of halogens is 7. The molecule has 2 amide bonds. The molecule has 1 saturated heterocycles. The predicted octanol–water partition coefficient (Wildman–Crippen LogP) is 7.95. The molecule has 0 spiro atoms. The number of nitrogen functional groups attached to an aromatic ring is 1. The number of nitrogens with one attached hydrogen (secondary N) is 3. The molecule has 37 heteroatoms. The summed E-state index contributed by atoms with van der Waals surface area (Å²) >= 11 is 15.0. The predicted molar refractivity (Wildman–Crippen MR) is 429 cm³/mol. The van der Waals surface area contributed by atoms with Gasteiger partial charge in [0.25, 0.3) is 40.1 Å². The van der Waals surface area contributed by atoms with Crippen LogP contribution in [0.5, 0.6) is 0 Å². The van der Waals surface area contributed by atoms with Crippen molar-refractivity contribution >= 4 is 76.1 Å². The third-order valence-corrected chi connectivity index (χ3v) is 15.1. The molecule has 1 aliphatic heterocycles. The van der Waals surface area contributed by atoms with Gasteiger partial charge in [-0.2, -0.15) is 20.4 Å². The molecular formula is C80H75Cl3Cs2F4N14O14. The van der Waals surface area contributed by atoms with Gasteiger partial charge in [-0.15, -0.1) is 34.8 Å². The number of nitrogens with two attached hydrogens (primary N) is 1. The molecule has 0 radical (unpaired) electrons. The molecule has 12 aromatic rings. The van der Waals surface area contributed by atoms with Crippen molar-refractivity contribution in [2.45, 2.75) is 52.2 Å². The van der Waals surface area contributed by atoms with E-state index in [-0.39, 0.29) is 227 Å². The van der Waals surface area contributed by atoms with Crippen LogP contribution < -0.4 is 182 Å². The number of ether oxygens (including phenoxy) is 1. The number of carbonyl (C=O) groups excluding carboxylic acids is 3. The van der Waals surface area contributed by atoms with Crippen LogP contribution in [-0.2, 0) is 44.7 Å². The van der Waals surface area contributed by atoms with Gasteiger partial charge < -0.3 is 32.7 Å². The van der Waals surface area contributed by atoms with Gasteiger partial charge in [0.1, 0.15) is 23.3 Å². The second kappa shape index (κ2) is 57.7. The minimum Gasteiger partial charge on any atom is -1.00 e. The number of urea groups is 1. The van der Waals surface area contributed by atoms with Crippen molar-refractivity contribution in [3.8, 4) is 45.0 Å². The number of hydrogen-bond acceptors (Lipinski definition) is 20. The zero-order valence-corrected chi connectivity index (χ0v) is 78.2. The Morgan fingerprint density at radius 3 is 1.25 bits per heavy atom. The summed E-state index contributed by atoms with van der Waals surface area (Å²) in [7, 11) is 0. The van der Waals surface area contributed by atoms with Crippen molar-refractivity contribution in [1.82, 2.24) is 44.9 Å². The van der Waals surface area contributed by atoms with Crippen molar-refractivity contribution < 1.29 is 196 Å². The Hall–Kier alpha value is -9.39. The zero-order valence-electron chi connectivity index (χ0n) is 64.4. The second-order valence-corrected chi connectivity index (χ2v) is 24.1. The Kier molecular flexibility index (Phi) is 50.2. The van der Waals surface area contributed by atoms with E-state index in [2.05, 4.69) is 46.0 Å². The van der Waals surface area contributed by atoms with Gasteiger partial charge in [0, 0.05) is 114 Å². The fourth-order valence-electron chi connectivity index (χ4n) is 9.53. The molecule has 28 nitrogen and oxygen atoms in total. The van der Waals surface area contributed by atoms with Gasteiger partial charge >= 0.3 is 144 Å². The van der Waals surface area contributed by atoms with E-state index in [0.717, 1.165) is 46.6 Å². The largest absolute Gasteiger partial charge is 1.00 e. The minimum atomic E-state index is -0.491. The third-order valence-electron chi connectivity index (χ3n) is 14.8. The Balaban J connectivity index is 0.000000482. The topological polar surface area (TPSA) is 392 Å². The molecule has 0 bridgehead atoms. The fraction of sp³-hybridized carbons (Fsp3) is 0.163. The van der Waals surface area contributed by atoms with Crippen molar-refractivity contribution in [2.75, 3.05) is 42.7 Å². The van der Waals surface area contributed by atoms with E-state index in [9.17, 15) is 61.8 Å². The van der Waals surface area contributed by atoms with Gasteiger partial charge in [-0.25, -0.2) is 51.3 Å².